The lowest BCUT2D eigenvalue weighted by Gasteiger charge is -2.10. The summed E-state index contributed by atoms with van der Waals surface area (Å²) < 4.78 is 1.77. The van der Waals surface area contributed by atoms with Crippen molar-refractivity contribution in [3.63, 3.8) is 0 Å². The molecule has 3 N–H and O–H groups in total. The summed E-state index contributed by atoms with van der Waals surface area (Å²) in [5, 5.41) is 6.90. The van der Waals surface area contributed by atoms with Gasteiger partial charge in [-0.25, -0.2) is 0 Å². The van der Waals surface area contributed by atoms with E-state index in [9.17, 15) is 4.79 Å². The number of carbonyl (C=O) groups excluding carboxylic acids is 1. The molecule has 0 spiro atoms. The van der Waals surface area contributed by atoms with Crippen LogP contribution in [0.2, 0.25) is 0 Å². The summed E-state index contributed by atoms with van der Waals surface area (Å²) in [5.41, 5.74) is 6.30. The number of carbonyl (C=O) groups is 1. The molecular weight excluding hydrogens is 204 g/mol. The molecule has 0 aliphatic heterocycles. The number of aryl methyl sites for hydroxylation is 1. The molecule has 90 valence electrons. The Morgan fingerprint density at radius 3 is 2.88 bits per heavy atom. The normalized spacial score (nSPS) is 12.4. The van der Waals surface area contributed by atoms with Gasteiger partial charge in [-0.1, -0.05) is 13.3 Å². The van der Waals surface area contributed by atoms with Gasteiger partial charge in [0, 0.05) is 19.2 Å². The Morgan fingerprint density at radius 2 is 2.38 bits per heavy atom. The Labute approximate surface area is 96.0 Å². The number of anilines is 1. The molecule has 0 aromatic carbocycles. The zero-order valence-electron chi connectivity index (χ0n) is 9.94. The van der Waals surface area contributed by atoms with Crippen LogP contribution in [-0.2, 0) is 11.3 Å². The maximum Gasteiger partial charge on any atom is 0.224 e. The Morgan fingerprint density at radius 1 is 1.62 bits per heavy atom. The van der Waals surface area contributed by atoms with Crippen LogP contribution in [0.3, 0.4) is 0 Å². The minimum absolute atomic E-state index is 0.00736. The maximum atomic E-state index is 11.6. The second-order valence-electron chi connectivity index (χ2n) is 3.85. The zero-order chi connectivity index (χ0) is 12.0. The third-order valence-corrected chi connectivity index (χ3v) is 2.63. The highest BCUT2D eigenvalue weighted by Gasteiger charge is 2.11. The molecule has 16 heavy (non-hydrogen) atoms. The topological polar surface area (TPSA) is 72.9 Å². The number of nitrogens with one attached hydrogen (secondary N) is 1. The molecule has 0 aliphatic rings. The molecule has 1 rings (SSSR count). The average Bonchev–Trinajstić information content (AvgIpc) is 2.73. The van der Waals surface area contributed by atoms with Gasteiger partial charge in [0.05, 0.1) is 11.9 Å². The second-order valence-corrected chi connectivity index (χ2v) is 3.85. The number of hydrogen-bond donors (Lipinski definition) is 2. The lowest BCUT2D eigenvalue weighted by atomic mass is 10.0. The van der Waals surface area contributed by atoms with Gasteiger partial charge in [0.1, 0.15) is 0 Å². The van der Waals surface area contributed by atoms with Gasteiger partial charge in [-0.15, -0.1) is 0 Å². The first-order valence-electron chi connectivity index (χ1n) is 5.71. The van der Waals surface area contributed by atoms with Crippen molar-refractivity contribution in [1.82, 2.24) is 9.78 Å². The SMILES string of the molecule is CCC(CN)CC(=O)Nc1cnn(CC)c1. The molecule has 0 saturated heterocycles. The van der Waals surface area contributed by atoms with Crippen molar-refractivity contribution in [2.24, 2.45) is 11.7 Å². The molecule has 0 fully saturated rings. The quantitative estimate of drug-likeness (QED) is 0.763. The molecular formula is C11H20N4O. The molecule has 1 aromatic heterocycles. The van der Waals surface area contributed by atoms with E-state index in [4.69, 9.17) is 5.73 Å². The number of rotatable bonds is 6. The van der Waals surface area contributed by atoms with Gasteiger partial charge in [0.2, 0.25) is 5.91 Å². The number of nitrogens with zero attached hydrogens (tertiary/aromatic N) is 2. The van der Waals surface area contributed by atoms with E-state index in [1.54, 1.807) is 10.9 Å². The lowest BCUT2D eigenvalue weighted by molar-refractivity contribution is -0.117. The predicted molar refractivity (Wildman–Crippen MR) is 64.0 cm³/mol. The number of aromatic nitrogens is 2. The third kappa shape index (κ3) is 3.66. The second kappa shape index (κ2) is 6.27. The Hall–Kier alpha value is -1.36. The molecule has 1 amide bonds. The molecule has 0 aliphatic carbocycles. The monoisotopic (exact) mass is 224 g/mol. The number of nitrogens with two attached hydrogens (primary N) is 1. The molecule has 0 bridgehead atoms. The van der Waals surface area contributed by atoms with Crippen LogP contribution >= 0.6 is 0 Å². The van der Waals surface area contributed by atoms with Gasteiger partial charge < -0.3 is 11.1 Å². The Balaban J connectivity index is 2.44. The highest BCUT2D eigenvalue weighted by Crippen LogP contribution is 2.10. The first-order valence-corrected chi connectivity index (χ1v) is 5.71. The van der Waals surface area contributed by atoms with Gasteiger partial charge in [-0.2, -0.15) is 5.10 Å². The van der Waals surface area contributed by atoms with Gasteiger partial charge in [-0.3, -0.25) is 9.48 Å². The van der Waals surface area contributed by atoms with Crippen LogP contribution < -0.4 is 11.1 Å². The van der Waals surface area contributed by atoms with Gasteiger partial charge in [0.15, 0.2) is 0 Å². The van der Waals surface area contributed by atoms with Crippen molar-refractivity contribution < 1.29 is 4.79 Å². The summed E-state index contributed by atoms with van der Waals surface area (Å²) in [7, 11) is 0. The van der Waals surface area contributed by atoms with Crippen molar-refractivity contribution in [2.45, 2.75) is 33.2 Å². The van der Waals surface area contributed by atoms with E-state index in [1.807, 2.05) is 20.0 Å². The minimum Gasteiger partial charge on any atom is -0.330 e. The maximum absolute atomic E-state index is 11.6. The van der Waals surface area contributed by atoms with Crippen LogP contribution in [0.4, 0.5) is 5.69 Å². The molecule has 1 heterocycles. The molecule has 5 heteroatoms. The van der Waals surface area contributed by atoms with Crippen molar-refractivity contribution in [2.75, 3.05) is 11.9 Å². The van der Waals surface area contributed by atoms with E-state index in [0.29, 0.717) is 13.0 Å². The minimum atomic E-state index is 0.00736. The fraction of sp³-hybridized carbons (Fsp3) is 0.636. The fourth-order valence-electron chi connectivity index (χ4n) is 1.47. The Kier molecular flexibility index (Phi) is 4.98. The first-order chi connectivity index (χ1) is 7.69. The Bertz CT molecular complexity index is 330. The number of amides is 1. The summed E-state index contributed by atoms with van der Waals surface area (Å²) in [5.74, 6) is 0.272. The van der Waals surface area contributed by atoms with Crippen LogP contribution in [0.5, 0.6) is 0 Å². The smallest absolute Gasteiger partial charge is 0.224 e. The van der Waals surface area contributed by atoms with Gasteiger partial charge in [-0.05, 0) is 19.4 Å². The summed E-state index contributed by atoms with van der Waals surface area (Å²) in [6.07, 6.45) is 4.88. The van der Waals surface area contributed by atoms with Crippen LogP contribution in [0.15, 0.2) is 12.4 Å². The van der Waals surface area contributed by atoms with Crippen LogP contribution in [-0.4, -0.2) is 22.2 Å². The van der Waals surface area contributed by atoms with Crippen LogP contribution in [0.25, 0.3) is 0 Å². The van der Waals surface area contributed by atoms with Gasteiger partial charge >= 0.3 is 0 Å². The van der Waals surface area contributed by atoms with Crippen molar-refractivity contribution >= 4 is 11.6 Å². The summed E-state index contributed by atoms with van der Waals surface area (Å²) in [6.45, 7) is 5.40. The van der Waals surface area contributed by atoms with Crippen molar-refractivity contribution in [1.29, 1.82) is 0 Å². The summed E-state index contributed by atoms with van der Waals surface area (Å²) in [6, 6.07) is 0. The molecule has 1 unspecified atom stereocenters. The number of hydrogen-bond acceptors (Lipinski definition) is 3. The predicted octanol–water partition coefficient (Wildman–Crippen LogP) is 1.22. The van der Waals surface area contributed by atoms with Crippen molar-refractivity contribution in [3.8, 4) is 0 Å². The average molecular weight is 224 g/mol. The standard InChI is InChI=1S/C11H20N4O/c1-3-9(6-12)5-11(16)14-10-7-13-15(4-2)8-10/h7-9H,3-6,12H2,1-2H3,(H,14,16). The fourth-order valence-corrected chi connectivity index (χ4v) is 1.47. The van der Waals surface area contributed by atoms with E-state index in [1.165, 1.54) is 0 Å². The van der Waals surface area contributed by atoms with E-state index < -0.39 is 0 Å². The zero-order valence-corrected chi connectivity index (χ0v) is 9.94. The van der Waals surface area contributed by atoms with Gasteiger partial charge in [0.25, 0.3) is 0 Å². The van der Waals surface area contributed by atoms with E-state index in [0.717, 1.165) is 18.7 Å². The van der Waals surface area contributed by atoms with E-state index >= 15 is 0 Å². The van der Waals surface area contributed by atoms with Crippen LogP contribution in [0.1, 0.15) is 26.7 Å². The summed E-state index contributed by atoms with van der Waals surface area (Å²) in [4.78, 5) is 11.6. The highest BCUT2D eigenvalue weighted by molar-refractivity contribution is 5.90. The summed E-state index contributed by atoms with van der Waals surface area (Å²) >= 11 is 0. The van der Waals surface area contributed by atoms with Crippen LogP contribution in [0, 0.1) is 5.92 Å². The highest BCUT2D eigenvalue weighted by atomic mass is 16.1. The first kappa shape index (κ1) is 12.7. The molecule has 5 nitrogen and oxygen atoms in total. The van der Waals surface area contributed by atoms with E-state index in [-0.39, 0.29) is 11.8 Å². The molecule has 1 atom stereocenters. The molecule has 0 radical (unpaired) electrons. The molecule has 0 saturated carbocycles. The van der Waals surface area contributed by atoms with E-state index in [2.05, 4.69) is 10.4 Å². The molecule has 1 aromatic rings. The lowest BCUT2D eigenvalue weighted by Crippen LogP contribution is -2.21. The van der Waals surface area contributed by atoms with Crippen molar-refractivity contribution in [3.05, 3.63) is 12.4 Å². The third-order valence-electron chi connectivity index (χ3n) is 2.63. The largest absolute Gasteiger partial charge is 0.330 e.